The lowest BCUT2D eigenvalue weighted by molar-refractivity contribution is 0.450. The minimum atomic E-state index is -2.04. The monoisotopic (exact) mass is 362 g/mol. The van der Waals surface area contributed by atoms with Crippen molar-refractivity contribution in [2.45, 2.75) is 67.0 Å². The van der Waals surface area contributed by atoms with Crippen LogP contribution in [0.15, 0.2) is 34.0 Å². The fraction of sp³-hybridized carbons (Fsp3) is 0.524. The first-order valence-corrected chi connectivity index (χ1v) is 12.1. The Labute approximate surface area is 153 Å². The molecule has 1 aromatic carbocycles. The summed E-state index contributed by atoms with van der Waals surface area (Å²) in [5.41, 5.74) is 5.09. The maximum atomic E-state index is 11.1. The standard InChI is InChI=1S/C21H31ClOSi/c1-12-13(2)15(4)20(14(12)3)24(8,9)18-11-16(22)10-17(19(18)23)21(5,6)7/h10-11,14,23H,1-9H3. The van der Waals surface area contributed by atoms with Crippen molar-refractivity contribution in [1.82, 2.24) is 0 Å². The van der Waals surface area contributed by atoms with Crippen molar-refractivity contribution < 1.29 is 5.11 Å². The zero-order valence-electron chi connectivity index (χ0n) is 16.6. The largest absolute Gasteiger partial charge is 0.508 e. The lowest BCUT2D eigenvalue weighted by Gasteiger charge is -2.33. The zero-order valence-corrected chi connectivity index (χ0v) is 18.3. The number of phenols is 1. The summed E-state index contributed by atoms with van der Waals surface area (Å²) in [5.74, 6) is 0.890. The second-order valence-electron chi connectivity index (χ2n) is 8.79. The quantitative estimate of drug-likeness (QED) is 0.630. The van der Waals surface area contributed by atoms with Gasteiger partial charge in [-0.05, 0) is 55.0 Å². The molecule has 1 unspecified atom stereocenters. The van der Waals surface area contributed by atoms with Crippen LogP contribution >= 0.6 is 11.6 Å². The Balaban J connectivity index is 2.71. The van der Waals surface area contributed by atoms with Crippen LogP contribution in [0.5, 0.6) is 5.75 Å². The van der Waals surface area contributed by atoms with Gasteiger partial charge in [-0.25, -0.2) is 0 Å². The second kappa shape index (κ2) is 6.07. The molecule has 0 saturated carbocycles. The Hall–Kier alpha value is -0.993. The molecule has 1 aromatic rings. The molecule has 1 N–H and O–H groups in total. The molecule has 0 bridgehead atoms. The van der Waals surface area contributed by atoms with Crippen molar-refractivity contribution in [3.63, 3.8) is 0 Å². The molecule has 0 aliphatic heterocycles. The predicted molar refractivity (Wildman–Crippen MR) is 109 cm³/mol. The van der Waals surface area contributed by atoms with E-state index < -0.39 is 8.07 Å². The van der Waals surface area contributed by atoms with Crippen LogP contribution in [-0.4, -0.2) is 13.2 Å². The van der Waals surface area contributed by atoms with Gasteiger partial charge in [0.15, 0.2) is 0 Å². The van der Waals surface area contributed by atoms with E-state index in [0.717, 1.165) is 15.8 Å². The molecule has 0 radical (unpaired) electrons. The van der Waals surface area contributed by atoms with Gasteiger partial charge >= 0.3 is 0 Å². The molecule has 132 valence electrons. The Morgan fingerprint density at radius 3 is 2.00 bits per heavy atom. The molecule has 24 heavy (non-hydrogen) atoms. The summed E-state index contributed by atoms with van der Waals surface area (Å²) in [6, 6.07) is 3.91. The van der Waals surface area contributed by atoms with Crippen LogP contribution in [0.4, 0.5) is 0 Å². The van der Waals surface area contributed by atoms with Crippen LogP contribution in [0.3, 0.4) is 0 Å². The highest BCUT2D eigenvalue weighted by molar-refractivity contribution is 6.96. The third-order valence-corrected chi connectivity index (χ3v) is 9.97. The van der Waals surface area contributed by atoms with Gasteiger partial charge in [0.05, 0.1) is 0 Å². The van der Waals surface area contributed by atoms with Crippen LogP contribution in [0.2, 0.25) is 18.1 Å². The van der Waals surface area contributed by atoms with E-state index >= 15 is 0 Å². The van der Waals surface area contributed by atoms with Crippen molar-refractivity contribution in [1.29, 1.82) is 0 Å². The van der Waals surface area contributed by atoms with E-state index in [4.69, 9.17) is 11.6 Å². The van der Waals surface area contributed by atoms with E-state index in [1.54, 1.807) is 0 Å². The van der Waals surface area contributed by atoms with Gasteiger partial charge in [-0.2, -0.15) is 0 Å². The van der Waals surface area contributed by atoms with Crippen LogP contribution in [0.1, 0.15) is 54.0 Å². The molecule has 1 atom stereocenters. The van der Waals surface area contributed by atoms with E-state index in [1.807, 2.05) is 12.1 Å². The first-order valence-electron chi connectivity index (χ1n) is 8.72. The van der Waals surface area contributed by atoms with Gasteiger partial charge in [0.1, 0.15) is 13.8 Å². The van der Waals surface area contributed by atoms with Crippen molar-refractivity contribution in [3.05, 3.63) is 44.6 Å². The van der Waals surface area contributed by atoms with E-state index in [1.165, 1.54) is 21.9 Å². The molecular formula is C21H31ClOSi. The Kier molecular flexibility index (Phi) is 4.89. The molecule has 2 rings (SSSR count). The summed E-state index contributed by atoms with van der Waals surface area (Å²) in [4.78, 5) is 0. The van der Waals surface area contributed by atoms with Crippen LogP contribution in [0.25, 0.3) is 0 Å². The summed E-state index contributed by atoms with van der Waals surface area (Å²) in [5, 5.41) is 14.4. The normalized spacial score (nSPS) is 19.5. The van der Waals surface area contributed by atoms with E-state index in [0.29, 0.717) is 11.7 Å². The summed E-state index contributed by atoms with van der Waals surface area (Å²) >= 11 is 6.46. The molecule has 0 aromatic heterocycles. The highest BCUT2D eigenvalue weighted by Crippen LogP contribution is 2.43. The smallest absolute Gasteiger partial charge is 0.119 e. The van der Waals surface area contributed by atoms with Gasteiger partial charge in [-0.3, -0.25) is 0 Å². The summed E-state index contributed by atoms with van der Waals surface area (Å²) in [6.07, 6.45) is 0. The number of allylic oxidation sites excluding steroid dienone is 4. The highest BCUT2D eigenvalue weighted by atomic mass is 35.5. The average Bonchev–Trinajstić information content (AvgIpc) is 2.64. The molecule has 0 amide bonds. The zero-order chi connectivity index (χ0) is 18.6. The maximum Gasteiger partial charge on any atom is 0.119 e. The third kappa shape index (κ3) is 2.99. The number of aromatic hydroxyl groups is 1. The van der Waals surface area contributed by atoms with Gasteiger partial charge in [-0.1, -0.05) is 68.7 Å². The average molecular weight is 363 g/mol. The van der Waals surface area contributed by atoms with Crippen molar-refractivity contribution in [2.75, 3.05) is 0 Å². The fourth-order valence-corrected chi connectivity index (χ4v) is 8.43. The molecule has 1 nitrogen and oxygen atoms in total. The Morgan fingerprint density at radius 1 is 1.04 bits per heavy atom. The Bertz CT molecular complexity index is 748. The highest BCUT2D eigenvalue weighted by Gasteiger charge is 2.40. The van der Waals surface area contributed by atoms with Crippen LogP contribution in [-0.2, 0) is 5.41 Å². The van der Waals surface area contributed by atoms with Gasteiger partial charge in [0.2, 0.25) is 0 Å². The lowest BCUT2D eigenvalue weighted by atomic mass is 9.86. The van der Waals surface area contributed by atoms with Gasteiger partial charge in [0.25, 0.3) is 0 Å². The molecular weight excluding hydrogens is 332 g/mol. The van der Waals surface area contributed by atoms with E-state index in [9.17, 15) is 5.11 Å². The second-order valence-corrected chi connectivity index (χ2v) is 13.6. The van der Waals surface area contributed by atoms with Crippen molar-refractivity contribution in [3.8, 4) is 5.75 Å². The first-order chi connectivity index (χ1) is 10.8. The fourth-order valence-electron chi connectivity index (χ4n) is 4.17. The van der Waals surface area contributed by atoms with Crippen LogP contribution in [0, 0.1) is 5.92 Å². The number of phenolic OH excluding ortho intramolecular Hbond substituents is 1. The van der Waals surface area contributed by atoms with Crippen molar-refractivity contribution in [2.24, 2.45) is 5.92 Å². The Morgan fingerprint density at radius 2 is 1.58 bits per heavy atom. The topological polar surface area (TPSA) is 20.2 Å². The SMILES string of the molecule is CC1=C(C)C(C)C([Si](C)(C)c2cc(Cl)cc(C(C)(C)C)c2O)=C1C. The molecule has 0 spiro atoms. The number of halogens is 1. The number of rotatable bonds is 2. The van der Waals surface area contributed by atoms with Gasteiger partial charge in [0, 0.05) is 10.6 Å². The summed E-state index contributed by atoms with van der Waals surface area (Å²) in [6.45, 7) is 20.0. The number of hydrogen-bond acceptors (Lipinski definition) is 1. The predicted octanol–water partition coefficient (Wildman–Crippen LogP) is 6.10. The van der Waals surface area contributed by atoms with Crippen LogP contribution < -0.4 is 5.19 Å². The molecule has 1 aliphatic carbocycles. The number of hydrogen-bond donors (Lipinski definition) is 1. The third-order valence-electron chi connectivity index (χ3n) is 5.87. The van der Waals surface area contributed by atoms with Gasteiger partial charge < -0.3 is 5.11 Å². The van der Waals surface area contributed by atoms with Gasteiger partial charge in [-0.15, -0.1) is 0 Å². The summed E-state index contributed by atoms with van der Waals surface area (Å²) in [7, 11) is -2.04. The molecule has 3 heteroatoms. The van der Waals surface area contributed by atoms with E-state index in [2.05, 4.69) is 61.6 Å². The van der Waals surface area contributed by atoms with E-state index in [-0.39, 0.29) is 5.41 Å². The van der Waals surface area contributed by atoms with Crippen molar-refractivity contribution >= 4 is 24.9 Å². The molecule has 0 saturated heterocycles. The lowest BCUT2D eigenvalue weighted by Crippen LogP contribution is -2.46. The summed E-state index contributed by atoms with van der Waals surface area (Å²) < 4.78 is 0. The number of benzene rings is 1. The first kappa shape index (κ1) is 19.3. The maximum absolute atomic E-state index is 11.1. The molecule has 0 fully saturated rings. The molecule has 0 heterocycles. The molecule has 1 aliphatic rings. The minimum absolute atomic E-state index is 0.136. The minimum Gasteiger partial charge on any atom is -0.508 e.